The van der Waals surface area contributed by atoms with Crippen LogP contribution in [0.25, 0.3) is 0 Å². The quantitative estimate of drug-likeness (QED) is 0.0326. The van der Waals surface area contributed by atoms with Gasteiger partial charge in [0.1, 0.15) is 19.0 Å². The van der Waals surface area contributed by atoms with Crippen molar-refractivity contribution in [3.63, 3.8) is 0 Å². The van der Waals surface area contributed by atoms with E-state index in [2.05, 4.69) is 59.0 Å². The van der Waals surface area contributed by atoms with Crippen molar-refractivity contribution >= 4 is 71.7 Å². The van der Waals surface area contributed by atoms with E-state index in [9.17, 15) is 19.2 Å². The van der Waals surface area contributed by atoms with Gasteiger partial charge in [0, 0.05) is 99.4 Å². The second-order valence-electron chi connectivity index (χ2n) is 8.57. The van der Waals surface area contributed by atoms with Gasteiger partial charge in [0.25, 0.3) is 5.97 Å². The van der Waals surface area contributed by atoms with Crippen LogP contribution in [0.3, 0.4) is 0 Å². The molecular formula is C52H127B5N3O18. The second kappa shape index (κ2) is 330. The largest absolute Gasteiger partial charge is 0.481 e. The van der Waals surface area contributed by atoms with Crippen LogP contribution in [0.2, 0.25) is 0 Å². The van der Waals surface area contributed by atoms with Crippen LogP contribution >= 0.6 is 0 Å². The van der Waals surface area contributed by atoms with E-state index in [4.69, 9.17) is 55.7 Å². The highest BCUT2D eigenvalue weighted by Gasteiger charge is 1.77. The summed E-state index contributed by atoms with van der Waals surface area (Å²) in [6, 6.07) is 0. The number of carbonyl (C=O) groups excluding carboxylic acids is 4. The second-order valence-corrected chi connectivity index (χ2v) is 8.57. The zero-order valence-electron chi connectivity index (χ0n) is 56.3. The van der Waals surface area contributed by atoms with Crippen LogP contribution in [0.4, 0.5) is 0 Å². The highest BCUT2D eigenvalue weighted by Crippen LogP contribution is 1.80. The third-order valence-corrected chi connectivity index (χ3v) is 2.74. The van der Waals surface area contributed by atoms with Crippen LogP contribution in [0.5, 0.6) is 0 Å². The van der Waals surface area contributed by atoms with Crippen molar-refractivity contribution < 1.29 is 78.7 Å². The molecule has 0 aromatic carbocycles. The third-order valence-electron chi connectivity index (χ3n) is 2.74. The lowest BCUT2D eigenvalue weighted by Gasteiger charge is -1.80. The Labute approximate surface area is 493 Å². The molecular weight excluding hydrogens is 1010 g/mol. The summed E-state index contributed by atoms with van der Waals surface area (Å²) in [5.41, 5.74) is 4.50. The molecule has 0 saturated heterocycles. The number of terminal acetylenes is 1. The van der Waals surface area contributed by atoms with Gasteiger partial charge in [-0.15, -0.1) is 12.3 Å². The molecule has 26 heteroatoms. The number of methoxy groups -OCH3 is 3. The number of nitro groups is 2. The molecule has 0 unspecified atom stereocenters. The maximum Gasteiger partial charge on any atom is 0.302 e. The fraction of sp³-hybridized carbons (Fsp3) is 0.827. The number of esters is 3. The zero-order valence-corrected chi connectivity index (χ0v) is 56.3. The number of carboxylic acid groups (broad SMARTS) is 1. The zero-order chi connectivity index (χ0) is 65.1. The van der Waals surface area contributed by atoms with Gasteiger partial charge in [-0.1, -0.05) is 163 Å². The van der Waals surface area contributed by atoms with E-state index in [1.807, 2.05) is 117 Å². The number of aliphatic hydroxyl groups is 5. The molecule has 8 N–H and O–H groups in total. The number of carbonyl (C=O) groups is 5. The van der Waals surface area contributed by atoms with Crippen molar-refractivity contribution in [1.29, 1.82) is 0 Å². The van der Waals surface area contributed by atoms with E-state index in [1.165, 1.54) is 63.0 Å². The van der Waals surface area contributed by atoms with Crippen LogP contribution < -0.4 is 5.73 Å². The van der Waals surface area contributed by atoms with E-state index < -0.39 is 15.8 Å². The lowest BCUT2D eigenvalue weighted by atomic mass is 10.4. The Bertz CT molecular complexity index is 806. The number of rotatable bonds is 6. The summed E-state index contributed by atoms with van der Waals surface area (Å²) in [7, 11) is 7.33. The van der Waals surface area contributed by atoms with Crippen molar-refractivity contribution in [2.45, 2.75) is 219 Å². The first-order valence-corrected chi connectivity index (χ1v) is 24.7. The predicted molar refractivity (Wildman–Crippen MR) is 341 cm³/mol. The SMILES string of the molecule is C#CCO.CC.CC.CC.CC.CC.CC.CC.CC.CC#CCO.CC(=O)O.CC(C)=O.CCCCO.CCCCO.CCCCO.CN.COC(C)=O.COC(C)=O.COC(C)=O.C[N+](=O)[O-].C[N+](=O)[O-].[B].[B].[B].[B].[B]. The summed E-state index contributed by atoms with van der Waals surface area (Å²) < 4.78 is 12.3. The molecule has 473 valence electrons. The van der Waals surface area contributed by atoms with Crippen molar-refractivity contribution in [3.8, 4) is 24.2 Å². The van der Waals surface area contributed by atoms with Crippen molar-refractivity contribution in [1.82, 2.24) is 0 Å². The maximum absolute atomic E-state index is 9.59. The molecule has 15 radical (unpaired) electrons. The number of carboxylic acids is 1. The molecule has 0 saturated carbocycles. The Kier molecular flexibility index (Phi) is 724. The summed E-state index contributed by atoms with van der Waals surface area (Å²) >= 11 is 0. The highest BCUT2D eigenvalue weighted by molar-refractivity contribution is 5.76. The molecule has 0 atom stereocenters. The molecule has 0 bridgehead atoms. The number of ether oxygens (including phenoxy) is 3. The minimum atomic E-state index is -0.833. The topological polar surface area (TPSA) is 347 Å². The van der Waals surface area contributed by atoms with Gasteiger partial charge in [-0.2, -0.15) is 0 Å². The molecule has 0 aliphatic heterocycles. The van der Waals surface area contributed by atoms with Crippen LogP contribution in [0.1, 0.15) is 219 Å². The number of aliphatic carboxylic acids is 1. The van der Waals surface area contributed by atoms with Gasteiger partial charge in [-0.3, -0.25) is 39.4 Å². The number of hydrogen-bond donors (Lipinski definition) is 7. The Balaban J connectivity index is -0.0000000153. The Hall–Kier alpha value is -4.45. The van der Waals surface area contributed by atoms with Gasteiger partial charge in [0.05, 0.1) is 21.3 Å². The van der Waals surface area contributed by atoms with Crippen molar-refractivity contribution in [2.24, 2.45) is 5.73 Å². The van der Waals surface area contributed by atoms with Crippen LogP contribution in [0.15, 0.2) is 0 Å². The summed E-state index contributed by atoms with van der Waals surface area (Å²) in [6.07, 6.45) is 10.6. The fourth-order valence-electron chi connectivity index (χ4n) is 0.553. The highest BCUT2D eigenvalue weighted by atomic mass is 16.6. The lowest BCUT2D eigenvalue weighted by Crippen LogP contribution is -1.88. The standard InChI is InChI=1S/3C4H10O.C4H6O.3C3H6O2.C3H6O.C3H4O.C2H4O2.8C2H6.2CH3NO2.CH5N.5B/c4*1-2-3-4-5;3*1-3(4)5-2;1-3(2)4;1-2-3-4;1-2(3)4;8*1-2;2*1-2(3)4;1-2;;;;;/h3*5H,2-4H2,1H3;5H,4H2,1H3;3*1-2H3;1-2H3;1,4H,3H2;1H3,(H,3,4);8*1-2H3;2*1H3;2H2,1H3;;;;;. The molecule has 0 rings (SSSR count). The summed E-state index contributed by atoms with van der Waals surface area (Å²) in [4.78, 5) is 63.8. The van der Waals surface area contributed by atoms with Crippen LogP contribution in [-0.4, -0.2) is 188 Å². The van der Waals surface area contributed by atoms with Crippen molar-refractivity contribution in [3.05, 3.63) is 20.2 Å². The van der Waals surface area contributed by atoms with E-state index in [1.54, 1.807) is 6.92 Å². The number of nitrogens with zero attached hydrogens (tertiary/aromatic N) is 2. The van der Waals surface area contributed by atoms with E-state index in [0.29, 0.717) is 19.8 Å². The molecule has 0 fully saturated rings. The first-order valence-electron chi connectivity index (χ1n) is 24.7. The van der Waals surface area contributed by atoms with Gasteiger partial charge in [0.2, 0.25) is 0 Å². The average molecular weight is 1140 g/mol. The Morgan fingerprint density at radius 2 is 0.577 bits per heavy atom. The number of hydrogen-bond acceptors (Lipinski definition) is 18. The summed E-state index contributed by atoms with van der Waals surface area (Å²) in [6.45, 7) is 48.9. The van der Waals surface area contributed by atoms with Gasteiger partial charge in [-0.05, 0) is 47.1 Å². The minimum Gasteiger partial charge on any atom is -0.481 e. The molecule has 0 heterocycles. The van der Waals surface area contributed by atoms with Crippen LogP contribution in [-0.2, 0) is 38.2 Å². The lowest BCUT2D eigenvalue weighted by molar-refractivity contribution is -0.445. The molecule has 21 nitrogen and oxygen atoms in total. The molecule has 0 spiro atoms. The molecule has 0 aliphatic carbocycles. The van der Waals surface area contributed by atoms with Gasteiger partial charge in [0.15, 0.2) is 14.1 Å². The number of ketones is 1. The number of Topliss-reactive ketones (excluding diaryl/α,β-unsaturated/α-hetero) is 1. The van der Waals surface area contributed by atoms with Gasteiger partial charge >= 0.3 is 17.9 Å². The van der Waals surface area contributed by atoms with E-state index in [-0.39, 0.29) is 79.0 Å². The van der Waals surface area contributed by atoms with Crippen LogP contribution in [0, 0.1) is 44.4 Å². The normalized spacial score (nSPS) is 5.50. The monoisotopic (exact) mass is 1140 g/mol. The molecule has 0 aromatic rings. The molecule has 0 amide bonds. The van der Waals surface area contributed by atoms with Gasteiger partial charge in [-0.25, -0.2) is 0 Å². The molecule has 0 aromatic heterocycles. The first-order chi connectivity index (χ1) is 34.3. The Morgan fingerprint density at radius 3 is 0.577 bits per heavy atom. The van der Waals surface area contributed by atoms with Crippen molar-refractivity contribution in [2.75, 3.05) is 75.5 Å². The smallest absolute Gasteiger partial charge is 0.302 e. The molecule has 78 heavy (non-hydrogen) atoms. The average Bonchev–Trinajstić information content (AvgIpc) is 3.38. The number of nitrogens with two attached hydrogens (primary N) is 1. The van der Waals surface area contributed by atoms with E-state index >= 15 is 0 Å². The minimum absolute atomic E-state index is 0. The Morgan fingerprint density at radius 1 is 0.474 bits per heavy atom. The number of unbranched alkanes of at least 4 members (excludes halogenated alkanes) is 3. The molecule has 0 aliphatic rings. The predicted octanol–water partition coefficient (Wildman–Crippen LogP) is 8.84. The summed E-state index contributed by atoms with van der Waals surface area (Å²) in [5.74, 6) is 5.52. The number of aliphatic hydroxyl groups excluding tert-OH is 5. The summed E-state index contributed by atoms with van der Waals surface area (Å²) in [5, 5.41) is 64.8. The fourth-order valence-corrected chi connectivity index (χ4v) is 0.553. The van der Waals surface area contributed by atoms with E-state index in [0.717, 1.165) is 59.5 Å². The maximum atomic E-state index is 9.59. The van der Waals surface area contributed by atoms with Gasteiger partial charge < -0.3 is 55.4 Å². The third kappa shape index (κ3) is 3200. The first kappa shape index (κ1) is 171.